The number of nitrogens with zero attached hydrogens (tertiary/aromatic N) is 7. The average Bonchev–Trinajstić information content (AvgIpc) is 3.97. The summed E-state index contributed by atoms with van der Waals surface area (Å²) in [6.07, 6.45) is 0.564. The fourth-order valence-electron chi connectivity index (χ4n) is 8.38. The molecule has 5 amide bonds. The number of thiazole rings is 1. The minimum atomic E-state index is -0.933. The zero-order valence-electron chi connectivity index (χ0n) is 40.4. The van der Waals surface area contributed by atoms with Crippen LogP contribution < -0.4 is 40.5 Å². The Labute approximate surface area is 421 Å². The van der Waals surface area contributed by atoms with E-state index in [0.717, 1.165) is 33.1 Å². The number of amides is 5. The van der Waals surface area contributed by atoms with Gasteiger partial charge in [0.25, 0.3) is 0 Å². The molecule has 2 saturated heterocycles. The van der Waals surface area contributed by atoms with Crippen LogP contribution in [0.15, 0.2) is 72.5 Å². The maximum absolute atomic E-state index is 14.3. The average molecular weight is 1020 g/mol. The third-order valence-electron chi connectivity index (χ3n) is 12.4. The first kappa shape index (κ1) is 51.6. The summed E-state index contributed by atoms with van der Waals surface area (Å²) in [7, 11) is 4.42. The number of carbonyl (C=O) groups is 4. The molecule has 18 nitrogen and oxygen atoms in total. The van der Waals surface area contributed by atoms with Crippen LogP contribution in [0, 0.1) is 12.3 Å². The zero-order chi connectivity index (χ0) is 50.4. The van der Waals surface area contributed by atoms with Gasteiger partial charge in [-0.05, 0) is 54.7 Å². The number of aliphatic hydroxyl groups is 1. The van der Waals surface area contributed by atoms with Gasteiger partial charge in [-0.3, -0.25) is 24.2 Å². The Morgan fingerprint density at radius 1 is 0.914 bits per heavy atom. The number of hydrogen-bond acceptors (Lipinski definition) is 14. The number of aromatic nitrogens is 3. The van der Waals surface area contributed by atoms with Gasteiger partial charge in [0.1, 0.15) is 51.6 Å². The second-order valence-corrected chi connectivity index (χ2v) is 20.0. The molecule has 2 fully saturated rings. The van der Waals surface area contributed by atoms with E-state index in [0.29, 0.717) is 37.8 Å². The van der Waals surface area contributed by atoms with Crippen molar-refractivity contribution in [1.29, 1.82) is 0 Å². The van der Waals surface area contributed by atoms with Gasteiger partial charge >= 0.3 is 6.03 Å². The van der Waals surface area contributed by atoms with E-state index in [1.54, 1.807) is 24.5 Å². The number of urea groups is 1. The highest BCUT2D eigenvalue weighted by Gasteiger charge is 2.45. The Kier molecular flexibility index (Phi) is 16.4. The van der Waals surface area contributed by atoms with Crippen molar-refractivity contribution in [3.63, 3.8) is 0 Å². The monoisotopic (exact) mass is 1020 g/mol. The van der Waals surface area contributed by atoms with Crippen molar-refractivity contribution in [3.05, 3.63) is 93.8 Å². The second-order valence-electron chi connectivity index (χ2n) is 18.4. The lowest BCUT2D eigenvalue weighted by Gasteiger charge is -2.37. The first-order chi connectivity index (χ1) is 33.3. The highest BCUT2D eigenvalue weighted by atomic mass is 35.5. The van der Waals surface area contributed by atoms with Gasteiger partial charge in [0.2, 0.25) is 17.7 Å². The lowest BCUT2D eigenvalue weighted by Crippen LogP contribution is -2.59. The molecule has 0 bridgehead atoms. The smallest absolute Gasteiger partial charge is 0.327 e. The van der Waals surface area contributed by atoms with Gasteiger partial charge in [0.15, 0.2) is 0 Å². The molecule has 7 rings (SSSR count). The van der Waals surface area contributed by atoms with Gasteiger partial charge < -0.3 is 45.6 Å². The summed E-state index contributed by atoms with van der Waals surface area (Å²) < 4.78 is 10.6. The SMILES string of the molecule is COc1cc(OC)c(Cl)c(NC(=O)N(C)c2cc(Nc3ccc(N4CCN(CC(=O)N[C@H](C(=O)N5C[C@H](O)C[C@H]5C(=O)N[C@H](C)c5ccc(-c6scnc6C)cc5)C(C)(C)C)CC4)cc3)ncn2)c1Cl. The fourth-order valence-corrected chi connectivity index (χ4v) is 9.79. The molecular formula is C49H59Cl2N11O7S. The first-order valence-corrected chi connectivity index (χ1v) is 24.4. The Morgan fingerprint density at radius 3 is 2.17 bits per heavy atom. The number of methoxy groups -OCH3 is 2. The number of piperazine rings is 1. The van der Waals surface area contributed by atoms with Crippen molar-refractivity contribution in [2.45, 2.75) is 65.3 Å². The number of ether oxygens (including phenoxy) is 2. The van der Waals surface area contributed by atoms with Crippen LogP contribution in [0.1, 0.15) is 51.4 Å². The van der Waals surface area contributed by atoms with E-state index < -0.39 is 35.5 Å². The van der Waals surface area contributed by atoms with Crippen LogP contribution in [-0.4, -0.2) is 132 Å². The molecule has 372 valence electrons. The van der Waals surface area contributed by atoms with E-state index in [4.69, 9.17) is 32.7 Å². The summed E-state index contributed by atoms with van der Waals surface area (Å²) in [6.45, 7) is 12.1. The standard InChI is InChI=1S/C49H59Cl2N11O7S/c1-28(30-9-11-31(12-10-30)44-29(2)54-27-70-44)55-46(65)35-21-34(63)24-62(35)47(66)45(49(3,4)5)57-40(64)25-60-17-19-61(20-18-60)33-15-13-32(14-16-33)56-38-23-39(53-26-52-38)59(6)48(67)58-43-41(50)36(68-7)22-37(69-8)42(43)51/h9-16,22-23,26-28,34-35,45,63H,17-21,24-25H2,1-8H3,(H,55,65)(H,57,64)(H,58,67)(H,52,53,56)/t28-,34-,35+,45-/m1/s1. The number of aryl methyl sites for hydroxylation is 1. The van der Waals surface area contributed by atoms with Gasteiger partial charge in [0.05, 0.1) is 54.7 Å². The fraction of sp³-hybridized carbons (Fsp3) is 0.408. The molecule has 4 atom stereocenters. The summed E-state index contributed by atoms with van der Waals surface area (Å²) in [5.74, 6) is 0.235. The van der Waals surface area contributed by atoms with Crippen molar-refractivity contribution in [1.82, 2.24) is 35.4 Å². The normalized spacial score (nSPS) is 17.1. The summed E-state index contributed by atoms with van der Waals surface area (Å²) >= 11 is 14.5. The van der Waals surface area contributed by atoms with Crippen LogP contribution in [0.4, 0.5) is 33.5 Å². The Hall–Kier alpha value is -6.25. The van der Waals surface area contributed by atoms with Crippen LogP contribution >= 0.6 is 34.5 Å². The molecule has 0 saturated carbocycles. The molecule has 5 aromatic rings. The van der Waals surface area contributed by atoms with Crippen molar-refractivity contribution in [2.75, 3.05) is 81.0 Å². The number of aliphatic hydroxyl groups excluding tert-OH is 1. The summed E-state index contributed by atoms with van der Waals surface area (Å²) in [5.41, 5.74) is 5.93. The molecule has 2 aliphatic heterocycles. The number of anilines is 5. The van der Waals surface area contributed by atoms with Gasteiger partial charge in [-0.1, -0.05) is 68.2 Å². The predicted octanol–water partition coefficient (Wildman–Crippen LogP) is 7.14. The van der Waals surface area contributed by atoms with E-state index in [9.17, 15) is 24.3 Å². The molecule has 0 unspecified atom stereocenters. The molecule has 3 aromatic carbocycles. The number of nitrogens with one attached hydrogen (secondary N) is 4. The number of β-amino-alcohol motifs (C(OH)–C–C–N with tert-alkyl or cyclic N) is 1. The molecule has 21 heteroatoms. The number of halogens is 2. The third-order valence-corrected chi connectivity index (χ3v) is 14.1. The van der Waals surface area contributed by atoms with Crippen LogP contribution in [0.25, 0.3) is 10.4 Å². The third kappa shape index (κ3) is 12.0. The maximum atomic E-state index is 14.3. The van der Waals surface area contributed by atoms with Crippen LogP contribution in [0.5, 0.6) is 11.5 Å². The molecule has 0 aliphatic carbocycles. The number of rotatable bonds is 15. The van der Waals surface area contributed by atoms with Gasteiger partial charge in [-0.15, -0.1) is 11.3 Å². The summed E-state index contributed by atoms with van der Waals surface area (Å²) in [5, 5.41) is 23.0. The molecule has 2 aliphatic rings. The minimum absolute atomic E-state index is 0.00900. The number of benzene rings is 3. The van der Waals surface area contributed by atoms with Gasteiger partial charge in [-0.25, -0.2) is 19.7 Å². The Balaban J connectivity index is 0.895. The Morgan fingerprint density at radius 2 is 1.57 bits per heavy atom. The van der Waals surface area contributed by atoms with E-state index in [1.807, 2.05) is 88.7 Å². The quantitative estimate of drug-likeness (QED) is 0.0708. The number of hydrogen-bond donors (Lipinski definition) is 5. The van der Waals surface area contributed by atoms with Crippen LogP contribution in [-0.2, 0) is 14.4 Å². The molecule has 2 aromatic heterocycles. The second kappa shape index (κ2) is 22.2. The largest absolute Gasteiger partial charge is 0.495 e. The predicted molar refractivity (Wildman–Crippen MR) is 274 cm³/mol. The highest BCUT2D eigenvalue weighted by molar-refractivity contribution is 7.13. The topological polar surface area (TPSA) is 207 Å². The van der Waals surface area contributed by atoms with E-state index in [-0.39, 0.29) is 64.6 Å². The van der Waals surface area contributed by atoms with Crippen molar-refractivity contribution < 1.29 is 33.8 Å². The van der Waals surface area contributed by atoms with E-state index in [1.165, 1.54) is 36.4 Å². The van der Waals surface area contributed by atoms with Crippen molar-refractivity contribution in [3.8, 4) is 21.9 Å². The molecule has 4 heterocycles. The molecule has 0 spiro atoms. The van der Waals surface area contributed by atoms with Crippen LogP contribution in [0.2, 0.25) is 10.0 Å². The van der Waals surface area contributed by atoms with E-state index >= 15 is 0 Å². The summed E-state index contributed by atoms with van der Waals surface area (Å²) in [4.78, 5) is 76.0. The molecule has 70 heavy (non-hydrogen) atoms. The zero-order valence-corrected chi connectivity index (χ0v) is 42.7. The van der Waals surface area contributed by atoms with Crippen molar-refractivity contribution >= 4 is 87.0 Å². The number of likely N-dealkylation sites (tertiary alicyclic amines) is 1. The van der Waals surface area contributed by atoms with Crippen molar-refractivity contribution in [2.24, 2.45) is 5.41 Å². The minimum Gasteiger partial charge on any atom is -0.495 e. The maximum Gasteiger partial charge on any atom is 0.327 e. The first-order valence-electron chi connectivity index (χ1n) is 22.7. The van der Waals surface area contributed by atoms with Gasteiger partial charge in [0, 0.05) is 69.7 Å². The summed E-state index contributed by atoms with van der Waals surface area (Å²) in [6, 6.07) is 16.2. The lowest BCUT2D eigenvalue weighted by atomic mass is 9.85. The lowest BCUT2D eigenvalue weighted by molar-refractivity contribution is -0.144. The highest BCUT2D eigenvalue weighted by Crippen LogP contribution is 2.44. The molecule has 5 N–H and O–H groups in total. The van der Waals surface area contributed by atoms with Crippen LogP contribution in [0.3, 0.4) is 0 Å². The number of carbonyl (C=O) groups excluding carboxylic acids is 4. The molecule has 0 radical (unpaired) electrons. The molecular weight excluding hydrogens is 958 g/mol. The Bertz CT molecular complexity index is 2650. The van der Waals surface area contributed by atoms with E-state index in [2.05, 4.69) is 46.0 Å². The van der Waals surface area contributed by atoms with Gasteiger partial charge in [-0.2, -0.15) is 0 Å².